The predicted molar refractivity (Wildman–Crippen MR) is 112 cm³/mol. The minimum atomic E-state index is -4.30. The summed E-state index contributed by atoms with van der Waals surface area (Å²) in [6, 6.07) is 4.82. The van der Waals surface area contributed by atoms with Crippen molar-refractivity contribution in [2.24, 2.45) is 0 Å². The van der Waals surface area contributed by atoms with Gasteiger partial charge in [0.25, 0.3) is 5.91 Å². The molecule has 162 valence electrons. The zero-order valence-electron chi connectivity index (χ0n) is 15.5. The average Bonchev–Trinajstić information content (AvgIpc) is 2.64. The van der Waals surface area contributed by atoms with Gasteiger partial charge in [-0.3, -0.25) is 4.79 Å². The summed E-state index contributed by atoms with van der Waals surface area (Å²) in [6.07, 6.45) is 1.33. The number of anilines is 1. The number of aliphatic hydroxyl groups excluding tert-OH is 1. The highest BCUT2D eigenvalue weighted by Crippen LogP contribution is 2.27. The van der Waals surface area contributed by atoms with Crippen LogP contribution >= 0.6 is 27.5 Å². The van der Waals surface area contributed by atoms with E-state index in [0.717, 1.165) is 18.2 Å². The van der Waals surface area contributed by atoms with Crippen LogP contribution in [0.15, 0.2) is 39.7 Å². The molecule has 1 amide bonds. The fourth-order valence-corrected chi connectivity index (χ4v) is 5.22. The Morgan fingerprint density at radius 3 is 2.57 bits per heavy atom. The molecule has 2 atom stereocenters. The van der Waals surface area contributed by atoms with Crippen molar-refractivity contribution >= 4 is 49.1 Å². The van der Waals surface area contributed by atoms with Crippen LogP contribution in [0.5, 0.6) is 0 Å². The van der Waals surface area contributed by atoms with Gasteiger partial charge >= 0.3 is 0 Å². The van der Waals surface area contributed by atoms with Crippen molar-refractivity contribution in [3.05, 3.63) is 57.0 Å². The van der Waals surface area contributed by atoms with Gasteiger partial charge in [0.15, 0.2) is 0 Å². The third-order valence-corrected chi connectivity index (χ3v) is 7.16. The van der Waals surface area contributed by atoms with E-state index < -0.39 is 44.6 Å². The highest BCUT2D eigenvalue weighted by Gasteiger charge is 2.29. The monoisotopic (exact) mass is 522 g/mol. The quantitative estimate of drug-likeness (QED) is 0.547. The van der Waals surface area contributed by atoms with Crippen LogP contribution in [0.3, 0.4) is 0 Å². The van der Waals surface area contributed by atoms with E-state index in [2.05, 4.69) is 26.0 Å². The molecule has 0 aliphatic heterocycles. The molecule has 3 N–H and O–H groups in total. The first-order chi connectivity index (χ1) is 14.1. The van der Waals surface area contributed by atoms with Crippen molar-refractivity contribution in [3.8, 4) is 0 Å². The van der Waals surface area contributed by atoms with Gasteiger partial charge in [-0.2, -0.15) is 0 Å². The van der Waals surface area contributed by atoms with Crippen LogP contribution in [0.25, 0.3) is 0 Å². The number of sulfonamides is 1. The summed E-state index contributed by atoms with van der Waals surface area (Å²) >= 11 is 8.96. The molecule has 2 aromatic carbocycles. The SMILES string of the molecule is O=C(Nc1ccc(F)c(Br)c1)c1cc(S(=O)(=O)NC2CCCC(O)C2)c(F)cc1Cl. The maximum Gasteiger partial charge on any atom is 0.257 e. The molecule has 1 aliphatic carbocycles. The molecule has 0 heterocycles. The standard InChI is InChI=1S/C19H18BrClF2N2O4S/c20-14-7-10(4-5-16(14)22)24-19(27)13-8-18(17(23)9-15(13)21)30(28,29)25-11-2-1-3-12(26)6-11/h4-5,7-9,11-12,25-26H,1-3,6H2,(H,24,27). The van der Waals surface area contributed by atoms with Crippen molar-refractivity contribution in [1.82, 2.24) is 4.72 Å². The average molecular weight is 524 g/mol. The summed E-state index contributed by atoms with van der Waals surface area (Å²) < 4.78 is 55.7. The molecule has 3 rings (SSSR count). The third kappa shape index (κ3) is 5.36. The largest absolute Gasteiger partial charge is 0.393 e. The van der Waals surface area contributed by atoms with Crippen molar-refractivity contribution in [2.45, 2.75) is 42.7 Å². The maximum absolute atomic E-state index is 14.4. The fraction of sp³-hybridized carbons (Fsp3) is 0.316. The number of carbonyl (C=O) groups is 1. The topological polar surface area (TPSA) is 95.5 Å². The molecule has 2 unspecified atom stereocenters. The minimum absolute atomic E-state index is 0.118. The molecule has 30 heavy (non-hydrogen) atoms. The molecular weight excluding hydrogens is 506 g/mol. The van der Waals surface area contributed by atoms with Crippen LogP contribution in [-0.2, 0) is 10.0 Å². The Bertz CT molecular complexity index is 1080. The molecule has 6 nitrogen and oxygen atoms in total. The van der Waals surface area contributed by atoms with Crippen LogP contribution in [0, 0.1) is 11.6 Å². The van der Waals surface area contributed by atoms with Gasteiger partial charge in [0.2, 0.25) is 10.0 Å². The molecule has 0 radical (unpaired) electrons. The van der Waals surface area contributed by atoms with E-state index in [1.54, 1.807) is 0 Å². The molecule has 11 heteroatoms. The smallest absolute Gasteiger partial charge is 0.257 e. The first kappa shape index (κ1) is 23.1. The number of aliphatic hydroxyl groups is 1. The van der Waals surface area contributed by atoms with Gasteiger partial charge in [0, 0.05) is 11.7 Å². The Balaban J connectivity index is 1.87. The van der Waals surface area contributed by atoms with Crippen molar-refractivity contribution in [2.75, 3.05) is 5.32 Å². The van der Waals surface area contributed by atoms with E-state index in [1.165, 1.54) is 12.1 Å². The minimum Gasteiger partial charge on any atom is -0.393 e. The number of halogens is 4. The number of carbonyl (C=O) groups excluding carboxylic acids is 1. The van der Waals surface area contributed by atoms with Gasteiger partial charge in [0.05, 0.1) is 21.2 Å². The van der Waals surface area contributed by atoms with Crippen LogP contribution in [0.4, 0.5) is 14.5 Å². The fourth-order valence-electron chi connectivity index (χ4n) is 3.24. The molecule has 0 bridgehead atoms. The highest BCUT2D eigenvalue weighted by molar-refractivity contribution is 9.10. The molecule has 1 aliphatic rings. The lowest BCUT2D eigenvalue weighted by atomic mass is 9.94. The third-order valence-electron chi connectivity index (χ3n) is 4.70. The van der Waals surface area contributed by atoms with Gasteiger partial charge < -0.3 is 10.4 Å². The Labute approximate surface area is 185 Å². The Morgan fingerprint density at radius 2 is 1.90 bits per heavy atom. The van der Waals surface area contributed by atoms with Crippen molar-refractivity contribution < 1.29 is 27.1 Å². The van der Waals surface area contributed by atoms with Gasteiger partial charge in [-0.15, -0.1) is 0 Å². The van der Waals surface area contributed by atoms with Gasteiger partial charge in [0.1, 0.15) is 16.5 Å². The molecule has 0 spiro atoms. The Hall–Kier alpha value is -1.59. The highest BCUT2D eigenvalue weighted by atomic mass is 79.9. The molecule has 1 fully saturated rings. The Morgan fingerprint density at radius 1 is 1.17 bits per heavy atom. The molecule has 2 aromatic rings. The lowest BCUT2D eigenvalue weighted by Crippen LogP contribution is -2.40. The molecule has 0 aromatic heterocycles. The lowest BCUT2D eigenvalue weighted by Gasteiger charge is -2.26. The van der Waals surface area contributed by atoms with Gasteiger partial charge in [-0.1, -0.05) is 11.6 Å². The second kappa shape index (κ2) is 9.27. The molecular formula is C19H18BrClF2N2O4S. The van der Waals surface area contributed by atoms with E-state index in [0.29, 0.717) is 19.3 Å². The predicted octanol–water partition coefficient (Wildman–Crippen LogP) is 4.21. The number of benzene rings is 2. The van der Waals surface area contributed by atoms with Gasteiger partial charge in [-0.05, 0) is 71.9 Å². The van der Waals surface area contributed by atoms with E-state index in [9.17, 15) is 27.1 Å². The summed E-state index contributed by atoms with van der Waals surface area (Å²) in [5, 5.41) is 11.9. The second-order valence-corrected chi connectivity index (χ2v) is 9.93. The molecule has 1 saturated carbocycles. The maximum atomic E-state index is 14.4. The van der Waals surface area contributed by atoms with E-state index >= 15 is 0 Å². The van der Waals surface area contributed by atoms with Crippen LogP contribution in [0.1, 0.15) is 36.0 Å². The molecule has 0 saturated heterocycles. The van der Waals surface area contributed by atoms with E-state index in [-0.39, 0.29) is 27.2 Å². The number of hydrogen-bond acceptors (Lipinski definition) is 4. The lowest BCUT2D eigenvalue weighted by molar-refractivity contribution is 0.102. The normalized spacial score (nSPS) is 19.5. The van der Waals surface area contributed by atoms with E-state index in [1.807, 2.05) is 0 Å². The first-order valence-electron chi connectivity index (χ1n) is 9.02. The first-order valence-corrected chi connectivity index (χ1v) is 11.7. The number of amides is 1. The summed E-state index contributed by atoms with van der Waals surface area (Å²) in [6.45, 7) is 0. The summed E-state index contributed by atoms with van der Waals surface area (Å²) in [5.41, 5.74) is -0.0324. The number of rotatable bonds is 5. The second-order valence-electron chi connectivity index (χ2n) is 6.98. The van der Waals surface area contributed by atoms with Crippen LogP contribution in [0.2, 0.25) is 5.02 Å². The zero-order chi connectivity index (χ0) is 22.1. The van der Waals surface area contributed by atoms with Crippen LogP contribution in [-0.4, -0.2) is 31.6 Å². The number of nitrogens with one attached hydrogen (secondary N) is 2. The Kier molecular flexibility index (Phi) is 7.13. The van der Waals surface area contributed by atoms with Crippen molar-refractivity contribution in [3.63, 3.8) is 0 Å². The number of hydrogen-bond donors (Lipinski definition) is 3. The van der Waals surface area contributed by atoms with Crippen molar-refractivity contribution in [1.29, 1.82) is 0 Å². The zero-order valence-corrected chi connectivity index (χ0v) is 18.6. The summed E-state index contributed by atoms with van der Waals surface area (Å²) in [5.74, 6) is -2.42. The van der Waals surface area contributed by atoms with Gasteiger partial charge in [-0.25, -0.2) is 21.9 Å². The van der Waals surface area contributed by atoms with E-state index in [4.69, 9.17) is 11.6 Å². The summed E-state index contributed by atoms with van der Waals surface area (Å²) in [7, 11) is -4.30. The summed E-state index contributed by atoms with van der Waals surface area (Å²) in [4.78, 5) is 11.9. The van der Waals surface area contributed by atoms with Crippen LogP contribution < -0.4 is 10.0 Å².